The Labute approximate surface area is 168 Å². The van der Waals surface area contributed by atoms with Crippen molar-refractivity contribution in [3.63, 3.8) is 0 Å². The third-order valence-corrected chi connectivity index (χ3v) is 7.62. The topological polar surface area (TPSA) is 78.5 Å². The minimum absolute atomic E-state index is 0.00329. The quantitative estimate of drug-likeness (QED) is 0.758. The van der Waals surface area contributed by atoms with Crippen molar-refractivity contribution in [1.82, 2.24) is 10.2 Å². The van der Waals surface area contributed by atoms with Crippen molar-refractivity contribution in [3.8, 4) is 0 Å². The molecule has 28 heavy (non-hydrogen) atoms. The Morgan fingerprint density at radius 1 is 1.14 bits per heavy atom. The molecule has 3 fully saturated rings. The van der Waals surface area contributed by atoms with E-state index in [1.807, 2.05) is 30.5 Å². The van der Waals surface area contributed by atoms with Crippen molar-refractivity contribution in [1.29, 1.82) is 0 Å². The molecule has 4 atom stereocenters. The first-order valence-corrected chi connectivity index (χ1v) is 11.5. The van der Waals surface area contributed by atoms with Gasteiger partial charge >= 0.3 is 0 Å². The van der Waals surface area contributed by atoms with Gasteiger partial charge in [0.1, 0.15) is 5.54 Å². The number of amides is 3. The number of benzene rings is 1. The molecule has 2 saturated heterocycles. The smallest absolute Gasteiger partial charge is 0.250 e. The highest BCUT2D eigenvalue weighted by molar-refractivity contribution is 7.98. The predicted molar refractivity (Wildman–Crippen MR) is 108 cm³/mol. The van der Waals surface area contributed by atoms with Gasteiger partial charge in [0.25, 0.3) is 0 Å². The van der Waals surface area contributed by atoms with Crippen molar-refractivity contribution in [3.05, 3.63) is 29.8 Å². The number of anilines is 1. The molecular weight excluding hydrogens is 374 g/mol. The number of fused-ring (bicyclic) bond motifs is 4. The Morgan fingerprint density at radius 3 is 2.64 bits per heavy atom. The summed E-state index contributed by atoms with van der Waals surface area (Å²) in [6.45, 7) is 0. The average Bonchev–Trinajstić information content (AvgIpc) is 3.42. The molecular formula is C21H25N3O3S. The van der Waals surface area contributed by atoms with Crippen molar-refractivity contribution >= 4 is 35.2 Å². The fourth-order valence-electron chi connectivity index (χ4n) is 5.80. The van der Waals surface area contributed by atoms with Crippen LogP contribution in [0.1, 0.15) is 37.7 Å². The van der Waals surface area contributed by atoms with E-state index in [1.54, 1.807) is 11.8 Å². The first-order valence-electron chi connectivity index (χ1n) is 10.1. The van der Waals surface area contributed by atoms with Crippen LogP contribution in [-0.2, 0) is 19.9 Å². The lowest BCUT2D eigenvalue weighted by Crippen LogP contribution is -2.54. The summed E-state index contributed by atoms with van der Waals surface area (Å²) in [7, 11) is 0. The van der Waals surface area contributed by atoms with Crippen LogP contribution in [0.25, 0.3) is 0 Å². The molecule has 1 aromatic rings. The average molecular weight is 400 g/mol. The fourth-order valence-corrected chi connectivity index (χ4v) is 6.29. The summed E-state index contributed by atoms with van der Waals surface area (Å²) in [6.07, 6.45) is 6.67. The molecule has 1 spiro atoms. The molecule has 0 radical (unpaired) electrons. The van der Waals surface area contributed by atoms with Crippen LogP contribution >= 0.6 is 11.8 Å². The highest BCUT2D eigenvalue weighted by atomic mass is 32.2. The summed E-state index contributed by atoms with van der Waals surface area (Å²) in [5.74, 6) is -0.675. The van der Waals surface area contributed by atoms with E-state index in [4.69, 9.17) is 0 Å². The number of hydrogen-bond acceptors (Lipinski definition) is 5. The zero-order chi connectivity index (χ0) is 19.5. The number of carbonyl (C=O) groups excluding carboxylic acids is 3. The molecule has 0 unspecified atom stereocenters. The van der Waals surface area contributed by atoms with E-state index in [1.165, 1.54) is 4.90 Å². The number of hydrogen-bond donors (Lipinski definition) is 2. The van der Waals surface area contributed by atoms with Crippen LogP contribution in [0.5, 0.6) is 0 Å². The monoisotopic (exact) mass is 399 g/mol. The summed E-state index contributed by atoms with van der Waals surface area (Å²) in [5.41, 5.74) is 0.407. The van der Waals surface area contributed by atoms with Crippen LogP contribution in [-0.4, -0.2) is 46.7 Å². The second kappa shape index (κ2) is 6.59. The van der Waals surface area contributed by atoms with Crippen LogP contribution in [0.2, 0.25) is 0 Å². The molecule has 5 rings (SSSR count). The van der Waals surface area contributed by atoms with Gasteiger partial charge in [-0.15, -0.1) is 0 Å². The van der Waals surface area contributed by atoms with Crippen molar-refractivity contribution < 1.29 is 14.4 Å². The number of carbonyl (C=O) groups is 3. The molecule has 1 saturated carbocycles. The van der Waals surface area contributed by atoms with Crippen LogP contribution in [0.15, 0.2) is 24.3 Å². The zero-order valence-electron chi connectivity index (χ0n) is 15.9. The first kappa shape index (κ1) is 18.2. The van der Waals surface area contributed by atoms with E-state index in [0.717, 1.165) is 49.1 Å². The van der Waals surface area contributed by atoms with Gasteiger partial charge in [0, 0.05) is 23.3 Å². The first-order chi connectivity index (χ1) is 13.6. The van der Waals surface area contributed by atoms with Gasteiger partial charge in [-0.05, 0) is 37.3 Å². The number of rotatable bonds is 4. The Kier molecular flexibility index (Phi) is 4.28. The number of thioether (sulfide) groups is 1. The van der Waals surface area contributed by atoms with E-state index in [-0.39, 0.29) is 29.8 Å². The number of likely N-dealkylation sites (tertiary alicyclic amines) is 1. The Morgan fingerprint density at radius 2 is 1.89 bits per heavy atom. The van der Waals surface area contributed by atoms with Gasteiger partial charge in [-0.2, -0.15) is 11.8 Å². The predicted octanol–water partition coefficient (Wildman–Crippen LogP) is 2.10. The van der Waals surface area contributed by atoms with Crippen LogP contribution < -0.4 is 10.6 Å². The second-order valence-corrected chi connectivity index (χ2v) is 9.31. The molecule has 0 aromatic heterocycles. The maximum Gasteiger partial charge on any atom is 0.250 e. The van der Waals surface area contributed by atoms with Crippen LogP contribution in [0.3, 0.4) is 0 Å². The Hall–Kier alpha value is -1.86. The van der Waals surface area contributed by atoms with E-state index >= 15 is 0 Å². The van der Waals surface area contributed by atoms with Crippen LogP contribution in [0, 0.1) is 11.8 Å². The van der Waals surface area contributed by atoms with E-state index in [9.17, 15) is 14.4 Å². The fraction of sp³-hybridized carbons (Fsp3) is 0.571. The van der Waals surface area contributed by atoms with Gasteiger partial charge in [-0.3, -0.25) is 24.6 Å². The lowest BCUT2D eigenvalue weighted by molar-refractivity contribution is -0.145. The van der Waals surface area contributed by atoms with E-state index in [2.05, 4.69) is 10.6 Å². The Balaban J connectivity index is 1.61. The maximum absolute atomic E-state index is 13.6. The molecule has 1 aliphatic carbocycles. The van der Waals surface area contributed by atoms with Gasteiger partial charge in [-0.1, -0.05) is 31.0 Å². The molecule has 6 nitrogen and oxygen atoms in total. The van der Waals surface area contributed by atoms with Crippen LogP contribution in [0.4, 0.5) is 5.69 Å². The normalized spacial score (nSPS) is 34.4. The van der Waals surface area contributed by atoms with Gasteiger partial charge in [0.2, 0.25) is 17.7 Å². The summed E-state index contributed by atoms with van der Waals surface area (Å²) >= 11 is 1.72. The molecule has 148 valence electrons. The molecule has 1 aromatic carbocycles. The van der Waals surface area contributed by atoms with Gasteiger partial charge in [0.05, 0.1) is 11.8 Å². The highest BCUT2D eigenvalue weighted by Crippen LogP contribution is 2.54. The SMILES string of the molecule is CSCC[C@H]1N[C@]2(C(=O)Nc3ccccc32)[C@@H]2C(=O)N(C3CCCC3)C(=O)[C@@H]21. The summed E-state index contributed by atoms with van der Waals surface area (Å²) in [4.78, 5) is 41.8. The Bertz CT molecular complexity index is 853. The number of imide groups is 1. The molecule has 3 heterocycles. The molecule has 4 aliphatic rings. The lowest BCUT2D eigenvalue weighted by Gasteiger charge is -2.31. The number of para-hydroxylation sites is 1. The molecule has 7 heteroatoms. The van der Waals surface area contributed by atoms with Gasteiger partial charge < -0.3 is 5.32 Å². The third-order valence-electron chi connectivity index (χ3n) is 6.98. The van der Waals surface area contributed by atoms with Crippen molar-refractivity contribution in [2.45, 2.75) is 49.7 Å². The number of nitrogens with one attached hydrogen (secondary N) is 2. The van der Waals surface area contributed by atoms with E-state index in [0.29, 0.717) is 0 Å². The number of nitrogens with zero attached hydrogens (tertiary/aromatic N) is 1. The van der Waals surface area contributed by atoms with Crippen molar-refractivity contribution in [2.75, 3.05) is 17.3 Å². The summed E-state index contributed by atoms with van der Waals surface area (Å²) in [5, 5.41) is 6.44. The highest BCUT2D eigenvalue weighted by Gasteiger charge is 2.70. The molecule has 3 aliphatic heterocycles. The minimum atomic E-state index is -1.13. The largest absolute Gasteiger partial charge is 0.324 e. The summed E-state index contributed by atoms with van der Waals surface area (Å²) < 4.78 is 0. The third kappa shape index (κ3) is 2.29. The maximum atomic E-state index is 13.6. The summed E-state index contributed by atoms with van der Waals surface area (Å²) in [6, 6.07) is 7.37. The van der Waals surface area contributed by atoms with Gasteiger partial charge in [0.15, 0.2) is 0 Å². The van der Waals surface area contributed by atoms with Gasteiger partial charge in [-0.25, -0.2) is 0 Å². The molecule has 0 bridgehead atoms. The van der Waals surface area contributed by atoms with Crippen molar-refractivity contribution in [2.24, 2.45) is 11.8 Å². The zero-order valence-corrected chi connectivity index (χ0v) is 16.8. The van der Waals surface area contributed by atoms with E-state index < -0.39 is 17.4 Å². The standard InChI is InChI=1S/C21H25N3O3S/c1-28-11-10-15-16-17(19(26)24(18(16)25)12-6-2-3-7-12)21(23-15)13-8-4-5-9-14(13)22-20(21)27/h4-5,8-9,12,15-17,23H,2-3,6-7,10-11H2,1H3,(H,22,27)/t15-,16-,17+,21+/m1/s1. The second-order valence-electron chi connectivity index (χ2n) is 8.33. The molecule has 3 amide bonds. The molecule has 2 N–H and O–H groups in total. The minimum Gasteiger partial charge on any atom is -0.324 e. The lowest BCUT2D eigenvalue weighted by atomic mass is 9.76.